The van der Waals surface area contributed by atoms with Crippen LogP contribution < -0.4 is 5.32 Å². The molecule has 1 amide bonds. The summed E-state index contributed by atoms with van der Waals surface area (Å²) in [5, 5.41) is 12.4. The molecule has 0 saturated heterocycles. The number of aromatic nitrogens is 4. The summed E-state index contributed by atoms with van der Waals surface area (Å²) in [6, 6.07) is 5.42. The lowest BCUT2D eigenvalue weighted by Gasteiger charge is -2.05. The monoisotopic (exact) mass is 455 g/mol. The summed E-state index contributed by atoms with van der Waals surface area (Å²) in [7, 11) is 0. The molecule has 0 spiro atoms. The molecule has 2 heterocycles. The minimum atomic E-state index is -0.248. The summed E-state index contributed by atoms with van der Waals surface area (Å²) in [6.45, 7) is 5.05. The Morgan fingerprint density at radius 2 is 2.08 bits per heavy atom. The highest BCUT2D eigenvalue weighted by Gasteiger charge is 2.17. The number of nitrogens with zero attached hydrogens (tertiary/aromatic N) is 4. The Balaban J connectivity index is 1.76. The van der Waals surface area contributed by atoms with Crippen molar-refractivity contribution in [3.8, 4) is 0 Å². The smallest absolute Gasteiger partial charge is 0.260 e. The van der Waals surface area contributed by atoms with Crippen LogP contribution in [0.2, 0.25) is 10.0 Å². The molecule has 0 atom stereocenters. The molecule has 136 valence electrons. The topological polar surface area (TPSA) is 64.7 Å². The number of hydrogen-bond acceptors (Lipinski definition) is 3. The highest BCUT2D eigenvalue weighted by molar-refractivity contribution is 9.10. The minimum Gasteiger partial charge on any atom is -0.304 e. The Morgan fingerprint density at radius 3 is 2.73 bits per heavy atom. The molecule has 0 bridgehead atoms. The summed E-state index contributed by atoms with van der Waals surface area (Å²) in [5.41, 5.74) is 2.29. The van der Waals surface area contributed by atoms with Crippen molar-refractivity contribution >= 4 is 50.9 Å². The second kappa shape index (κ2) is 7.82. The van der Waals surface area contributed by atoms with E-state index >= 15 is 0 Å². The standard InChI is InChI=1S/C17H16BrCl2N5O/c1-3-25-10(2)12(7-21-25)17(26)22-16-13(18)9-24(23-16)8-11-4-5-14(19)15(20)6-11/h4-7,9H,3,8H2,1-2H3,(H,22,23,26). The first-order valence-electron chi connectivity index (χ1n) is 7.89. The molecule has 3 rings (SSSR count). The van der Waals surface area contributed by atoms with Gasteiger partial charge in [-0.3, -0.25) is 14.2 Å². The maximum absolute atomic E-state index is 12.5. The second-order valence-electron chi connectivity index (χ2n) is 5.69. The maximum Gasteiger partial charge on any atom is 0.260 e. The van der Waals surface area contributed by atoms with E-state index in [2.05, 4.69) is 31.4 Å². The van der Waals surface area contributed by atoms with E-state index in [0.29, 0.717) is 39.0 Å². The first kappa shape index (κ1) is 18.9. The summed E-state index contributed by atoms with van der Waals surface area (Å²) in [4.78, 5) is 12.5. The lowest BCUT2D eigenvalue weighted by atomic mass is 10.2. The summed E-state index contributed by atoms with van der Waals surface area (Å²) in [6.07, 6.45) is 3.36. The van der Waals surface area contributed by atoms with Gasteiger partial charge in [0.1, 0.15) is 0 Å². The number of anilines is 1. The number of aryl methyl sites for hydroxylation is 1. The number of carbonyl (C=O) groups is 1. The SMILES string of the molecule is CCn1ncc(C(=O)Nc2nn(Cc3ccc(Cl)c(Cl)c3)cc2Br)c1C. The Labute approximate surface area is 169 Å². The molecule has 0 unspecified atom stereocenters. The van der Waals surface area contributed by atoms with Gasteiger partial charge in [-0.15, -0.1) is 0 Å². The van der Waals surface area contributed by atoms with E-state index < -0.39 is 0 Å². The van der Waals surface area contributed by atoms with Crippen LogP contribution in [0.1, 0.15) is 28.5 Å². The highest BCUT2D eigenvalue weighted by atomic mass is 79.9. The number of carbonyl (C=O) groups excluding carboxylic acids is 1. The summed E-state index contributed by atoms with van der Waals surface area (Å²) < 4.78 is 4.17. The molecule has 6 nitrogen and oxygen atoms in total. The lowest BCUT2D eigenvalue weighted by molar-refractivity contribution is 0.102. The van der Waals surface area contributed by atoms with E-state index in [1.807, 2.05) is 19.9 Å². The fourth-order valence-electron chi connectivity index (χ4n) is 2.55. The average Bonchev–Trinajstić information content (AvgIpc) is 3.13. The van der Waals surface area contributed by atoms with Crippen LogP contribution in [0.4, 0.5) is 5.82 Å². The van der Waals surface area contributed by atoms with Crippen molar-refractivity contribution in [1.29, 1.82) is 0 Å². The quantitative estimate of drug-likeness (QED) is 0.600. The van der Waals surface area contributed by atoms with Crippen LogP contribution in [-0.2, 0) is 13.1 Å². The van der Waals surface area contributed by atoms with E-state index in [0.717, 1.165) is 11.3 Å². The van der Waals surface area contributed by atoms with Crippen LogP contribution >= 0.6 is 39.1 Å². The van der Waals surface area contributed by atoms with Gasteiger partial charge in [0.25, 0.3) is 5.91 Å². The molecule has 1 aromatic carbocycles. The van der Waals surface area contributed by atoms with Gasteiger partial charge >= 0.3 is 0 Å². The number of benzene rings is 1. The average molecular weight is 457 g/mol. The lowest BCUT2D eigenvalue weighted by Crippen LogP contribution is -2.14. The normalized spacial score (nSPS) is 11.0. The molecular formula is C17H16BrCl2N5O. The van der Waals surface area contributed by atoms with E-state index in [-0.39, 0.29) is 5.91 Å². The zero-order valence-corrected chi connectivity index (χ0v) is 17.2. The van der Waals surface area contributed by atoms with Crippen molar-refractivity contribution in [1.82, 2.24) is 19.6 Å². The first-order chi connectivity index (χ1) is 12.4. The van der Waals surface area contributed by atoms with Crippen molar-refractivity contribution in [3.05, 3.63) is 61.9 Å². The van der Waals surface area contributed by atoms with Crippen LogP contribution in [0.25, 0.3) is 0 Å². The fourth-order valence-corrected chi connectivity index (χ4v) is 3.29. The van der Waals surface area contributed by atoms with E-state index in [9.17, 15) is 4.79 Å². The number of hydrogen-bond donors (Lipinski definition) is 1. The largest absolute Gasteiger partial charge is 0.304 e. The third-order valence-corrected chi connectivity index (χ3v) is 5.24. The molecule has 2 aromatic heterocycles. The van der Waals surface area contributed by atoms with Gasteiger partial charge in [0.15, 0.2) is 5.82 Å². The van der Waals surface area contributed by atoms with Crippen molar-refractivity contribution < 1.29 is 4.79 Å². The Morgan fingerprint density at radius 1 is 1.31 bits per heavy atom. The van der Waals surface area contributed by atoms with Crippen molar-refractivity contribution in [2.24, 2.45) is 0 Å². The Hall–Kier alpha value is -1.83. The van der Waals surface area contributed by atoms with Gasteiger partial charge in [0.2, 0.25) is 0 Å². The first-order valence-corrected chi connectivity index (χ1v) is 9.44. The molecular weight excluding hydrogens is 441 g/mol. The predicted octanol–water partition coefficient (Wildman–Crippen LogP) is 4.78. The van der Waals surface area contributed by atoms with Gasteiger partial charge < -0.3 is 5.32 Å². The van der Waals surface area contributed by atoms with Gasteiger partial charge in [0, 0.05) is 18.4 Å². The molecule has 1 N–H and O–H groups in total. The second-order valence-corrected chi connectivity index (χ2v) is 7.35. The van der Waals surface area contributed by atoms with E-state index in [1.165, 1.54) is 0 Å². The number of halogens is 3. The number of amides is 1. The van der Waals surface area contributed by atoms with E-state index in [1.54, 1.807) is 33.9 Å². The van der Waals surface area contributed by atoms with Crippen LogP contribution in [0.15, 0.2) is 35.1 Å². The number of nitrogens with one attached hydrogen (secondary N) is 1. The number of rotatable bonds is 5. The van der Waals surface area contributed by atoms with Gasteiger partial charge in [-0.25, -0.2) is 0 Å². The van der Waals surface area contributed by atoms with Crippen molar-refractivity contribution in [2.75, 3.05) is 5.32 Å². The van der Waals surface area contributed by atoms with Gasteiger partial charge in [0.05, 0.1) is 32.8 Å². The Kier molecular flexibility index (Phi) is 5.70. The van der Waals surface area contributed by atoms with Crippen LogP contribution in [0.5, 0.6) is 0 Å². The Bertz CT molecular complexity index is 966. The minimum absolute atomic E-state index is 0.248. The van der Waals surface area contributed by atoms with Crippen molar-refractivity contribution in [2.45, 2.75) is 26.9 Å². The van der Waals surface area contributed by atoms with Crippen LogP contribution in [0, 0.1) is 6.92 Å². The molecule has 3 aromatic rings. The fraction of sp³-hybridized carbons (Fsp3) is 0.235. The van der Waals surface area contributed by atoms with Crippen molar-refractivity contribution in [3.63, 3.8) is 0 Å². The van der Waals surface area contributed by atoms with Gasteiger partial charge in [-0.2, -0.15) is 10.2 Å². The third kappa shape index (κ3) is 3.95. The van der Waals surface area contributed by atoms with Crippen LogP contribution in [0.3, 0.4) is 0 Å². The van der Waals surface area contributed by atoms with Gasteiger partial charge in [-0.05, 0) is 47.5 Å². The molecule has 9 heteroatoms. The summed E-state index contributed by atoms with van der Waals surface area (Å²) in [5.74, 6) is 0.196. The van der Waals surface area contributed by atoms with Gasteiger partial charge in [-0.1, -0.05) is 29.3 Å². The highest BCUT2D eigenvalue weighted by Crippen LogP contribution is 2.25. The molecule has 0 aliphatic heterocycles. The zero-order chi connectivity index (χ0) is 18.8. The molecule has 0 aliphatic rings. The molecule has 0 saturated carbocycles. The van der Waals surface area contributed by atoms with Crippen LogP contribution in [-0.4, -0.2) is 25.5 Å². The molecule has 0 fully saturated rings. The predicted molar refractivity (Wildman–Crippen MR) is 106 cm³/mol. The third-order valence-electron chi connectivity index (χ3n) is 3.92. The molecule has 26 heavy (non-hydrogen) atoms. The summed E-state index contributed by atoms with van der Waals surface area (Å²) >= 11 is 15.4. The maximum atomic E-state index is 12.5. The zero-order valence-electron chi connectivity index (χ0n) is 14.1. The van der Waals surface area contributed by atoms with E-state index in [4.69, 9.17) is 23.2 Å². The molecule has 0 radical (unpaired) electrons. The molecule has 0 aliphatic carbocycles.